The third-order valence-corrected chi connectivity index (χ3v) is 0.961. The largest absolute Gasteiger partial charge is 0.133 e. The van der Waals surface area contributed by atoms with E-state index in [0.29, 0.717) is 4.83 Å². The Kier molecular flexibility index (Phi) is 4.17. The molecule has 0 aliphatic carbocycles. The molecule has 0 amide bonds. The predicted molar refractivity (Wildman–Crippen MR) is 36.7 cm³/mol. The molecule has 0 bridgehead atoms. The van der Waals surface area contributed by atoms with Gasteiger partial charge in [-0.05, 0) is 12.5 Å². The van der Waals surface area contributed by atoms with Crippen LogP contribution in [-0.4, -0.2) is 4.83 Å². The van der Waals surface area contributed by atoms with E-state index >= 15 is 0 Å². The summed E-state index contributed by atoms with van der Waals surface area (Å²) in [5.41, 5.74) is 2.69. The molecular weight excluding hydrogens is 152 g/mol. The van der Waals surface area contributed by atoms with E-state index in [1.54, 1.807) is 0 Å². The maximum atomic E-state index is 3.43. The summed E-state index contributed by atoms with van der Waals surface area (Å²) in [5.74, 6) is 0. The topological polar surface area (TPSA) is 0 Å². The Bertz CT molecular complexity index is 78.2. The van der Waals surface area contributed by atoms with Crippen molar-refractivity contribution in [3.05, 3.63) is 18.4 Å². The third-order valence-electron chi connectivity index (χ3n) is 0.587. The van der Waals surface area contributed by atoms with Crippen molar-refractivity contribution in [3.8, 4) is 0 Å². The van der Waals surface area contributed by atoms with Crippen LogP contribution in [0.5, 0.6) is 0 Å². The normalized spacial score (nSPS) is 12.3. The summed E-state index contributed by atoms with van der Waals surface area (Å²) < 4.78 is 0. The molecule has 1 atom stereocenters. The molecule has 0 fully saturated rings. The molecule has 0 N–H and O–H groups in total. The second-order valence-electron chi connectivity index (χ2n) is 1.42. The maximum absolute atomic E-state index is 3.43. The maximum Gasteiger partial charge on any atom is 0.0158 e. The summed E-state index contributed by atoms with van der Waals surface area (Å²) in [6.45, 7) is 5.52. The summed E-state index contributed by atoms with van der Waals surface area (Å²) in [6.07, 6.45) is 2.93. The fraction of sp³-hybridized carbons (Fsp3) is 0.500. The van der Waals surface area contributed by atoms with Gasteiger partial charge in [0, 0.05) is 4.83 Å². The van der Waals surface area contributed by atoms with Crippen LogP contribution >= 0.6 is 15.9 Å². The van der Waals surface area contributed by atoms with E-state index in [1.165, 1.54) is 0 Å². The van der Waals surface area contributed by atoms with Gasteiger partial charge in [0.1, 0.15) is 0 Å². The lowest BCUT2D eigenvalue weighted by Gasteiger charge is -1.90. The van der Waals surface area contributed by atoms with Gasteiger partial charge in [-0.3, -0.25) is 0 Å². The van der Waals surface area contributed by atoms with E-state index < -0.39 is 0 Å². The Hall–Kier alpha value is 0. The second kappa shape index (κ2) is 4.17. The van der Waals surface area contributed by atoms with Crippen LogP contribution in [0.4, 0.5) is 0 Å². The van der Waals surface area contributed by atoms with Crippen molar-refractivity contribution in [1.29, 1.82) is 0 Å². The fourth-order valence-electron chi connectivity index (χ4n) is 0.246. The van der Waals surface area contributed by atoms with Crippen molar-refractivity contribution >= 4 is 15.9 Å². The van der Waals surface area contributed by atoms with Gasteiger partial charge in [-0.1, -0.05) is 29.4 Å². The minimum Gasteiger partial charge on any atom is -0.133 e. The zero-order valence-electron chi connectivity index (χ0n) is 4.45. The average Bonchev–Trinajstić information content (AvgIpc) is 1.61. The lowest BCUT2D eigenvalue weighted by molar-refractivity contribution is 1.00. The average molecular weight is 161 g/mol. The van der Waals surface area contributed by atoms with Gasteiger partial charge in [-0.2, -0.15) is 0 Å². The number of hydrogen-bond donors (Lipinski definition) is 0. The lowest BCUT2D eigenvalue weighted by atomic mass is 10.3. The standard InChI is InChI=1S/C6H9Br/c1-3-4-5-6(2)7/h4,6H,1,5H2,2H3. The molecule has 0 aliphatic rings. The van der Waals surface area contributed by atoms with Crippen LogP contribution in [0.15, 0.2) is 18.4 Å². The summed E-state index contributed by atoms with van der Waals surface area (Å²) in [5, 5.41) is 0. The minimum absolute atomic E-state index is 0.557. The van der Waals surface area contributed by atoms with Crippen molar-refractivity contribution in [2.24, 2.45) is 0 Å². The highest BCUT2D eigenvalue weighted by Gasteiger charge is 1.86. The zero-order chi connectivity index (χ0) is 5.70. The molecule has 40 valence electrons. The number of alkyl halides is 1. The van der Waals surface area contributed by atoms with Gasteiger partial charge in [0.2, 0.25) is 0 Å². The smallest absolute Gasteiger partial charge is 0.0158 e. The first kappa shape index (κ1) is 7.00. The Morgan fingerprint density at radius 3 is 2.71 bits per heavy atom. The molecule has 0 spiro atoms. The molecule has 0 aliphatic heterocycles. The third kappa shape index (κ3) is 6.00. The van der Waals surface area contributed by atoms with E-state index in [0.717, 1.165) is 6.42 Å². The number of allylic oxidation sites excluding steroid dienone is 1. The predicted octanol–water partition coefficient (Wildman–Crippen LogP) is 2.50. The number of hydrogen-bond acceptors (Lipinski definition) is 0. The summed E-state index contributed by atoms with van der Waals surface area (Å²) in [4.78, 5) is 0.557. The molecule has 1 heteroatoms. The highest BCUT2D eigenvalue weighted by molar-refractivity contribution is 9.09. The first-order valence-corrected chi connectivity index (χ1v) is 3.17. The molecule has 0 aromatic heterocycles. The van der Waals surface area contributed by atoms with Crippen LogP contribution in [0.1, 0.15) is 13.3 Å². The molecular formula is C6H9Br. The summed E-state index contributed by atoms with van der Waals surface area (Å²) in [6, 6.07) is 0. The Balaban J connectivity index is 3.13. The lowest BCUT2D eigenvalue weighted by Crippen LogP contribution is -1.82. The first-order valence-electron chi connectivity index (χ1n) is 2.25. The molecule has 0 heterocycles. The quantitative estimate of drug-likeness (QED) is 0.431. The minimum atomic E-state index is 0.557. The van der Waals surface area contributed by atoms with Gasteiger partial charge < -0.3 is 0 Å². The fourth-order valence-corrected chi connectivity index (χ4v) is 0.433. The van der Waals surface area contributed by atoms with Crippen LogP contribution in [0.25, 0.3) is 0 Å². The SMILES string of the molecule is C=C=CCC(C)Br. The monoisotopic (exact) mass is 160 g/mol. The molecule has 0 saturated carbocycles. The van der Waals surface area contributed by atoms with Gasteiger partial charge in [-0.15, -0.1) is 5.73 Å². The Labute approximate surface area is 53.1 Å². The Morgan fingerprint density at radius 2 is 2.57 bits per heavy atom. The van der Waals surface area contributed by atoms with Crippen LogP contribution < -0.4 is 0 Å². The highest BCUT2D eigenvalue weighted by atomic mass is 79.9. The van der Waals surface area contributed by atoms with Crippen LogP contribution in [0, 0.1) is 0 Å². The van der Waals surface area contributed by atoms with Crippen molar-refractivity contribution in [1.82, 2.24) is 0 Å². The van der Waals surface area contributed by atoms with E-state index in [-0.39, 0.29) is 0 Å². The molecule has 0 aromatic rings. The van der Waals surface area contributed by atoms with Gasteiger partial charge in [0.25, 0.3) is 0 Å². The van der Waals surface area contributed by atoms with Crippen molar-refractivity contribution < 1.29 is 0 Å². The van der Waals surface area contributed by atoms with Gasteiger partial charge in [0.15, 0.2) is 0 Å². The molecule has 0 radical (unpaired) electrons. The van der Waals surface area contributed by atoms with E-state index in [4.69, 9.17) is 0 Å². The zero-order valence-corrected chi connectivity index (χ0v) is 6.03. The van der Waals surface area contributed by atoms with Gasteiger partial charge in [0.05, 0.1) is 0 Å². The van der Waals surface area contributed by atoms with Gasteiger partial charge in [-0.25, -0.2) is 0 Å². The molecule has 7 heavy (non-hydrogen) atoms. The highest BCUT2D eigenvalue weighted by Crippen LogP contribution is 2.01. The van der Waals surface area contributed by atoms with E-state index in [1.807, 2.05) is 6.08 Å². The summed E-state index contributed by atoms with van der Waals surface area (Å²) >= 11 is 3.38. The molecule has 0 rings (SSSR count). The van der Waals surface area contributed by atoms with E-state index in [9.17, 15) is 0 Å². The number of halogens is 1. The van der Waals surface area contributed by atoms with Crippen LogP contribution in [0.2, 0.25) is 0 Å². The molecule has 0 nitrogen and oxygen atoms in total. The molecule has 0 saturated heterocycles. The first-order chi connectivity index (χ1) is 3.27. The van der Waals surface area contributed by atoms with Crippen LogP contribution in [0.3, 0.4) is 0 Å². The molecule has 1 unspecified atom stereocenters. The van der Waals surface area contributed by atoms with Gasteiger partial charge >= 0.3 is 0 Å². The van der Waals surface area contributed by atoms with Crippen molar-refractivity contribution in [2.45, 2.75) is 18.2 Å². The van der Waals surface area contributed by atoms with Crippen molar-refractivity contribution in [3.63, 3.8) is 0 Å². The van der Waals surface area contributed by atoms with Crippen molar-refractivity contribution in [2.75, 3.05) is 0 Å². The van der Waals surface area contributed by atoms with Crippen LogP contribution in [-0.2, 0) is 0 Å². The molecule has 0 aromatic carbocycles. The number of rotatable bonds is 2. The summed E-state index contributed by atoms with van der Waals surface area (Å²) in [7, 11) is 0. The Morgan fingerprint density at radius 1 is 2.00 bits per heavy atom. The second-order valence-corrected chi connectivity index (χ2v) is 2.99. The van der Waals surface area contributed by atoms with E-state index in [2.05, 4.69) is 35.2 Å².